The Hall–Kier alpha value is -2.57. The van der Waals surface area contributed by atoms with Crippen LogP contribution in [-0.2, 0) is 4.79 Å². The Kier molecular flexibility index (Phi) is 5.53. The van der Waals surface area contributed by atoms with Gasteiger partial charge in [-0.25, -0.2) is 0 Å². The predicted octanol–water partition coefficient (Wildman–Crippen LogP) is 2.11. The zero-order valence-corrected chi connectivity index (χ0v) is 14.1. The highest BCUT2D eigenvalue weighted by molar-refractivity contribution is 5.95. The van der Waals surface area contributed by atoms with E-state index in [9.17, 15) is 9.90 Å². The lowest BCUT2D eigenvalue weighted by molar-refractivity contribution is -0.118. The third kappa shape index (κ3) is 4.71. The molecule has 0 saturated heterocycles. The SMILES string of the molecule is CC(COc1ccc2c(c1)NC(=O)CO2)NCC(O)c1ccccc1. The molecule has 2 atom stereocenters. The standard InChI is InChI=1S/C19H22N2O4/c1-13(20-10-17(22)14-5-3-2-4-6-14)11-24-15-7-8-18-16(9-15)21-19(23)12-25-18/h2-9,13,17,20,22H,10-12H2,1H3,(H,21,23). The van der Waals surface area contributed by atoms with Crippen LogP contribution in [0.15, 0.2) is 48.5 Å². The molecule has 132 valence electrons. The number of carbonyl (C=O) groups excluding carboxylic acids is 1. The van der Waals surface area contributed by atoms with Crippen LogP contribution in [0.5, 0.6) is 11.5 Å². The third-order valence-electron chi connectivity index (χ3n) is 3.93. The molecule has 3 rings (SSSR count). The zero-order chi connectivity index (χ0) is 17.6. The van der Waals surface area contributed by atoms with Crippen molar-refractivity contribution in [3.05, 3.63) is 54.1 Å². The van der Waals surface area contributed by atoms with Gasteiger partial charge in [0, 0.05) is 18.7 Å². The maximum absolute atomic E-state index is 11.4. The molecular formula is C19H22N2O4. The quantitative estimate of drug-likeness (QED) is 0.718. The number of fused-ring (bicyclic) bond motifs is 1. The molecule has 0 aliphatic carbocycles. The molecular weight excluding hydrogens is 320 g/mol. The summed E-state index contributed by atoms with van der Waals surface area (Å²) in [6, 6.07) is 14.9. The highest BCUT2D eigenvalue weighted by Crippen LogP contribution is 2.31. The molecule has 1 amide bonds. The Labute approximate surface area is 146 Å². The fraction of sp³-hybridized carbons (Fsp3) is 0.316. The number of rotatable bonds is 7. The van der Waals surface area contributed by atoms with Gasteiger partial charge in [-0.05, 0) is 24.6 Å². The largest absolute Gasteiger partial charge is 0.492 e. The normalized spacial score (nSPS) is 15.5. The van der Waals surface area contributed by atoms with Crippen LogP contribution in [0.25, 0.3) is 0 Å². The van der Waals surface area contributed by atoms with E-state index in [1.54, 1.807) is 12.1 Å². The van der Waals surface area contributed by atoms with Crippen molar-refractivity contribution in [2.24, 2.45) is 0 Å². The van der Waals surface area contributed by atoms with Crippen molar-refractivity contribution >= 4 is 11.6 Å². The second-order valence-electron chi connectivity index (χ2n) is 6.04. The molecule has 2 aromatic carbocycles. The van der Waals surface area contributed by atoms with Crippen molar-refractivity contribution < 1.29 is 19.4 Å². The van der Waals surface area contributed by atoms with Crippen molar-refractivity contribution in [3.8, 4) is 11.5 Å². The number of ether oxygens (including phenoxy) is 2. The van der Waals surface area contributed by atoms with E-state index in [-0.39, 0.29) is 18.6 Å². The van der Waals surface area contributed by atoms with E-state index in [0.29, 0.717) is 30.3 Å². The predicted molar refractivity (Wildman–Crippen MR) is 94.9 cm³/mol. The van der Waals surface area contributed by atoms with E-state index in [0.717, 1.165) is 5.56 Å². The Morgan fingerprint density at radius 1 is 1.28 bits per heavy atom. The molecule has 1 aliphatic heterocycles. The first-order valence-corrected chi connectivity index (χ1v) is 8.27. The van der Waals surface area contributed by atoms with Gasteiger partial charge in [-0.1, -0.05) is 30.3 Å². The van der Waals surface area contributed by atoms with Gasteiger partial charge in [-0.3, -0.25) is 4.79 Å². The highest BCUT2D eigenvalue weighted by atomic mass is 16.5. The van der Waals surface area contributed by atoms with Crippen molar-refractivity contribution in [1.82, 2.24) is 5.32 Å². The Balaban J connectivity index is 1.47. The molecule has 2 unspecified atom stereocenters. The molecule has 1 heterocycles. The molecule has 0 radical (unpaired) electrons. The summed E-state index contributed by atoms with van der Waals surface area (Å²) in [5, 5.41) is 16.2. The number of benzene rings is 2. The Bertz CT molecular complexity index is 721. The second-order valence-corrected chi connectivity index (χ2v) is 6.04. The van der Waals surface area contributed by atoms with Gasteiger partial charge in [0.15, 0.2) is 6.61 Å². The van der Waals surface area contributed by atoms with Crippen LogP contribution in [0, 0.1) is 0 Å². The minimum absolute atomic E-state index is 0.0396. The van der Waals surface area contributed by atoms with Crippen LogP contribution in [-0.4, -0.2) is 36.8 Å². The molecule has 0 fully saturated rings. The Morgan fingerprint density at radius 2 is 2.08 bits per heavy atom. The van der Waals surface area contributed by atoms with Gasteiger partial charge in [0.25, 0.3) is 5.91 Å². The van der Waals surface area contributed by atoms with E-state index in [1.807, 2.05) is 43.3 Å². The van der Waals surface area contributed by atoms with Crippen LogP contribution in [0.2, 0.25) is 0 Å². The summed E-state index contributed by atoms with van der Waals surface area (Å²) in [7, 11) is 0. The van der Waals surface area contributed by atoms with Crippen molar-refractivity contribution in [1.29, 1.82) is 0 Å². The van der Waals surface area contributed by atoms with Crippen LogP contribution in [0.1, 0.15) is 18.6 Å². The molecule has 25 heavy (non-hydrogen) atoms. The summed E-state index contributed by atoms with van der Waals surface area (Å²) in [6.07, 6.45) is -0.556. The number of anilines is 1. The van der Waals surface area contributed by atoms with Crippen LogP contribution < -0.4 is 20.1 Å². The van der Waals surface area contributed by atoms with E-state index in [1.165, 1.54) is 0 Å². The number of hydrogen-bond acceptors (Lipinski definition) is 5. The lowest BCUT2D eigenvalue weighted by Gasteiger charge is -2.20. The second kappa shape index (κ2) is 8.00. The van der Waals surface area contributed by atoms with Gasteiger partial charge in [0.2, 0.25) is 0 Å². The molecule has 1 aliphatic rings. The first kappa shape index (κ1) is 17.3. The van der Waals surface area contributed by atoms with E-state index >= 15 is 0 Å². The van der Waals surface area contributed by atoms with Gasteiger partial charge in [-0.15, -0.1) is 0 Å². The lowest BCUT2D eigenvalue weighted by Crippen LogP contribution is -2.35. The van der Waals surface area contributed by atoms with Gasteiger partial charge >= 0.3 is 0 Å². The minimum atomic E-state index is -0.556. The van der Waals surface area contributed by atoms with Crippen molar-refractivity contribution in [2.75, 3.05) is 25.1 Å². The van der Waals surface area contributed by atoms with Crippen LogP contribution in [0.4, 0.5) is 5.69 Å². The van der Waals surface area contributed by atoms with Crippen LogP contribution in [0.3, 0.4) is 0 Å². The Morgan fingerprint density at radius 3 is 2.88 bits per heavy atom. The first-order valence-electron chi connectivity index (χ1n) is 8.27. The maximum Gasteiger partial charge on any atom is 0.262 e. The third-order valence-corrected chi connectivity index (χ3v) is 3.93. The molecule has 0 bridgehead atoms. The molecule has 0 spiro atoms. The number of amides is 1. The number of aliphatic hydroxyl groups excluding tert-OH is 1. The minimum Gasteiger partial charge on any atom is -0.492 e. The monoisotopic (exact) mass is 342 g/mol. The first-order chi connectivity index (χ1) is 12.1. The number of hydrogen-bond donors (Lipinski definition) is 3. The average Bonchev–Trinajstić information content (AvgIpc) is 2.64. The number of aliphatic hydroxyl groups is 1. The number of nitrogens with one attached hydrogen (secondary N) is 2. The molecule has 2 aromatic rings. The summed E-state index contributed by atoms with van der Waals surface area (Å²) in [4.78, 5) is 11.4. The highest BCUT2D eigenvalue weighted by Gasteiger charge is 2.16. The fourth-order valence-corrected chi connectivity index (χ4v) is 2.54. The van der Waals surface area contributed by atoms with Crippen molar-refractivity contribution in [2.45, 2.75) is 19.1 Å². The summed E-state index contributed by atoms with van der Waals surface area (Å²) in [5.41, 5.74) is 1.50. The van der Waals surface area contributed by atoms with Gasteiger partial charge in [-0.2, -0.15) is 0 Å². The zero-order valence-electron chi connectivity index (χ0n) is 14.1. The maximum atomic E-state index is 11.4. The van der Waals surface area contributed by atoms with Crippen molar-refractivity contribution in [3.63, 3.8) is 0 Å². The molecule has 0 aromatic heterocycles. The van der Waals surface area contributed by atoms with E-state index in [4.69, 9.17) is 9.47 Å². The summed E-state index contributed by atoms with van der Waals surface area (Å²) >= 11 is 0. The fourth-order valence-electron chi connectivity index (χ4n) is 2.54. The summed E-state index contributed by atoms with van der Waals surface area (Å²) in [6.45, 7) is 2.91. The number of carbonyl (C=O) groups is 1. The lowest BCUT2D eigenvalue weighted by atomic mass is 10.1. The average molecular weight is 342 g/mol. The summed E-state index contributed by atoms with van der Waals surface area (Å²) in [5.74, 6) is 1.13. The van der Waals surface area contributed by atoms with E-state index in [2.05, 4.69) is 10.6 Å². The van der Waals surface area contributed by atoms with Gasteiger partial charge in [0.1, 0.15) is 18.1 Å². The molecule has 6 nitrogen and oxygen atoms in total. The molecule has 6 heteroatoms. The van der Waals surface area contributed by atoms with E-state index < -0.39 is 6.10 Å². The molecule has 3 N–H and O–H groups in total. The topological polar surface area (TPSA) is 79.8 Å². The smallest absolute Gasteiger partial charge is 0.262 e. The molecule has 0 saturated carbocycles. The summed E-state index contributed by atoms with van der Waals surface area (Å²) < 4.78 is 11.1. The van der Waals surface area contributed by atoms with Gasteiger partial charge < -0.3 is 25.2 Å². The van der Waals surface area contributed by atoms with Gasteiger partial charge in [0.05, 0.1) is 11.8 Å². The van der Waals surface area contributed by atoms with Crippen LogP contribution >= 0.6 is 0 Å².